The molecule has 1 aromatic carbocycles. The van der Waals surface area contributed by atoms with Gasteiger partial charge in [0.2, 0.25) is 0 Å². The highest BCUT2D eigenvalue weighted by Crippen LogP contribution is 2.23. The molecule has 0 aromatic heterocycles. The molecule has 0 amide bonds. The van der Waals surface area contributed by atoms with Gasteiger partial charge >= 0.3 is 6.36 Å². The standard InChI is InChI=1S/C16H24F3N3O2/c1-4-23-14(11(2)3)9-10-21-15(20)22-12-5-7-13(8-6-12)24-16(17,18)19/h5-8,11,14H,4,9-10H2,1-3H3,(H3,20,21,22). The molecule has 8 heteroatoms. The maximum Gasteiger partial charge on any atom is 0.573 e. The lowest BCUT2D eigenvalue weighted by Crippen LogP contribution is -2.25. The first-order valence-electron chi connectivity index (χ1n) is 7.75. The summed E-state index contributed by atoms with van der Waals surface area (Å²) in [5.41, 5.74) is 6.29. The van der Waals surface area contributed by atoms with E-state index < -0.39 is 6.36 Å². The van der Waals surface area contributed by atoms with Crippen LogP contribution in [0.15, 0.2) is 29.3 Å². The van der Waals surface area contributed by atoms with Crippen LogP contribution in [0.4, 0.5) is 18.9 Å². The van der Waals surface area contributed by atoms with Crippen molar-refractivity contribution >= 4 is 11.6 Å². The number of anilines is 1. The zero-order valence-corrected chi connectivity index (χ0v) is 14.1. The number of guanidine groups is 1. The van der Waals surface area contributed by atoms with Crippen LogP contribution >= 0.6 is 0 Å². The molecular formula is C16H24F3N3O2. The van der Waals surface area contributed by atoms with Gasteiger partial charge in [0.1, 0.15) is 5.75 Å². The van der Waals surface area contributed by atoms with Crippen molar-refractivity contribution in [3.05, 3.63) is 24.3 Å². The van der Waals surface area contributed by atoms with Crippen molar-refractivity contribution in [2.45, 2.75) is 39.7 Å². The minimum atomic E-state index is -4.71. The molecule has 1 aromatic rings. The number of nitrogens with one attached hydrogen (secondary N) is 1. The molecule has 0 spiro atoms. The van der Waals surface area contributed by atoms with Gasteiger partial charge in [0.05, 0.1) is 6.10 Å². The van der Waals surface area contributed by atoms with E-state index >= 15 is 0 Å². The number of ether oxygens (including phenoxy) is 2. The fraction of sp³-hybridized carbons (Fsp3) is 0.562. The maximum absolute atomic E-state index is 12.1. The summed E-state index contributed by atoms with van der Waals surface area (Å²) < 4.78 is 45.7. The van der Waals surface area contributed by atoms with Gasteiger partial charge in [-0.3, -0.25) is 4.99 Å². The lowest BCUT2D eigenvalue weighted by atomic mass is 10.0. The van der Waals surface area contributed by atoms with E-state index in [1.54, 1.807) is 0 Å². The summed E-state index contributed by atoms with van der Waals surface area (Å²) in [5, 5.41) is 2.82. The van der Waals surface area contributed by atoms with Crippen LogP contribution in [0.1, 0.15) is 27.2 Å². The van der Waals surface area contributed by atoms with Gasteiger partial charge in [-0.25, -0.2) is 0 Å². The van der Waals surface area contributed by atoms with Crippen molar-refractivity contribution in [1.29, 1.82) is 0 Å². The largest absolute Gasteiger partial charge is 0.573 e. The number of rotatable bonds is 8. The number of halogens is 3. The van der Waals surface area contributed by atoms with Crippen LogP contribution in [0.2, 0.25) is 0 Å². The summed E-state index contributed by atoms with van der Waals surface area (Å²) in [6, 6.07) is 5.26. The number of aliphatic imine (C=N–C) groups is 1. The van der Waals surface area contributed by atoms with E-state index in [0.29, 0.717) is 24.8 Å². The summed E-state index contributed by atoms with van der Waals surface area (Å²) in [7, 11) is 0. The zero-order valence-electron chi connectivity index (χ0n) is 14.1. The Morgan fingerprint density at radius 3 is 2.38 bits per heavy atom. The van der Waals surface area contributed by atoms with E-state index in [1.807, 2.05) is 6.92 Å². The number of hydrogen-bond acceptors (Lipinski definition) is 3. The molecule has 0 aliphatic rings. The van der Waals surface area contributed by atoms with E-state index in [2.05, 4.69) is 28.9 Å². The number of nitrogens with two attached hydrogens (primary N) is 1. The van der Waals surface area contributed by atoms with Gasteiger partial charge in [-0.15, -0.1) is 13.2 Å². The minimum Gasteiger partial charge on any atom is -0.406 e. The van der Waals surface area contributed by atoms with Crippen LogP contribution in [0.3, 0.4) is 0 Å². The van der Waals surface area contributed by atoms with Gasteiger partial charge < -0.3 is 20.5 Å². The molecule has 0 saturated heterocycles. The van der Waals surface area contributed by atoms with E-state index in [9.17, 15) is 13.2 Å². The highest BCUT2D eigenvalue weighted by atomic mass is 19.4. The monoisotopic (exact) mass is 347 g/mol. The van der Waals surface area contributed by atoms with Gasteiger partial charge in [-0.1, -0.05) is 13.8 Å². The first kappa shape index (κ1) is 20.1. The molecule has 0 radical (unpaired) electrons. The Hall–Kier alpha value is -1.96. The lowest BCUT2D eigenvalue weighted by molar-refractivity contribution is -0.274. The molecule has 0 fully saturated rings. The molecule has 0 aliphatic heterocycles. The average Bonchev–Trinajstić information content (AvgIpc) is 2.46. The molecule has 1 unspecified atom stereocenters. The third-order valence-electron chi connectivity index (χ3n) is 3.18. The van der Waals surface area contributed by atoms with Gasteiger partial charge in [-0.05, 0) is 43.5 Å². The smallest absolute Gasteiger partial charge is 0.406 e. The van der Waals surface area contributed by atoms with Crippen molar-refractivity contribution in [1.82, 2.24) is 0 Å². The minimum absolute atomic E-state index is 0.116. The zero-order chi connectivity index (χ0) is 18.2. The summed E-state index contributed by atoms with van der Waals surface area (Å²) >= 11 is 0. The van der Waals surface area contributed by atoms with E-state index in [-0.39, 0.29) is 17.8 Å². The van der Waals surface area contributed by atoms with Gasteiger partial charge in [0.25, 0.3) is 0 Å². The Bertz CT molecular complexity index is 516. The van der Waals surface area contributed by atoms with E-state index in [0.717, 1.165) is 6.42 Å². The topological polar surface area (TPSA) is 68.9 Å². The fourth-order valence-corrected chi connectivity index (χ4v) is 2.06. The molecule has 136 valence electrons. The van der Waals surface area contributed by atoms with Crippen LogP contribution in [-0.4, -0.2) is 31.6 Å². The molecule has 1 rings (SSSR count). The van der Waals surface area contributed by atoms with E-state index in [4.69, 9.17) is 10.5 Å². The molecule has 0 saturated carbocycles. The maximum atomic E-state index is 12.1. The van der Waals surface area contributed by atoms with Crippen molar-refractivity contribution < 1.29 is 22.6 Å². The second-order valence-corrected chi connectivity index (χ2v) is 5.49. The lowest BCUT2D eigenvalue weighted by Gasteiger charge is -2.19. The molecule has 1 atom stereocenters. The second-order valence-electron chi connectivity index (χ2n) is 5.49. The molecule has 5 nitrogen and oxygen atoms in total. The quantitative estimate of drug-likeness (QED) is 0.555. The van der Waals surface area contributed by atoms with Gasteiger partial charge in [0.15, 0.2) is 5.96 Å². The average molecular weight is 347 g/mol. The van der Waals surface area contributed by atoms with Crippen LogP contribution in [0, 0.1) is 5.92 Å². The second kappa shape index (κ2) is 9.36. The number of alkyl halides is 3. The summed E-state index contributed by atoms with van der Waals surface area (Å²) in [6.07, 6.45) is -3.85. The number of benzene rings is 1. The van der Waals surface area contributed by atoms with Crippen molar-refractivity contribution in [2.75, 3.05) is 18.5 Å². The number of nitrogens with zero attached hydrogens (tertiary/aromatic N) is 1. The van der Waals surface area contributed by atoms with Crippen LogP contribution in [-0.2, 0) is 4.74 Å². The Balaban J connectivity index is 2.50. The molecule has 3 N–H and O–H groups in total. The fourth-order valence-electron chi connectivity index (χ4n) is 2.06. The van der Waals surface area contributed by atoms with Crippen LogP contribution in [0.5, 0.6) is 5.75 Å². The first-order valence-corrected chi connectivity index (χ1v) is 7.75. The third kappa shape index (κ3) is 8.05. The molecule has 24 heavy (non-hydrogen) atoms. The molecule has 0 aliphatic carbocycles. The van der Waals surface area contributed by atoms with Crippen LogP contribution < -0.4 is 15.8 Å². The summed E-state index contributed by atoms with van der Waals surface area (Å²) in [5.74, 6) is 0.286. The highest BCUT2D eigenvalue weighted by molar-refractivity contribution is 5.92. The van der Waals surface area contributed by atoms with Crippen LogP contribution in [0.25, 0.3) is 0 Å². The van der Waals surface area contributed by atoms with Crippen molar-refractivity contribution in [2.24, 2.45) is 16.6 Å². The van der Waals surface area contributed by atoms with Crippen molar-refractivity contribution in [3.63, 3.8) is 0 Å². The predicted molar refractivity (Wildman–Crippen MR) is 88.1 cm³/mol. The Labute approximate surface area is 140 Å². The SMILES string of the molecule is CCOC(CCN=C(N)Nc1ccc(OC(F)(F)F)cc1)C(C)C. The van der Waals surface area contributed by atoms with Gasteiger partial charge in [-0.2, -0.15) is 0 Å². The normalized spacial score (nSPS) is 13.9. The Morgan fingerprint density at radius 1 is 1.25 bits per heavy atom. The summed E-state index contributed by atoms with van der Waals surface area (Å²) in [4.78, 5) is 4.20. The molecular weight excluding hydrogens is 323 g/mol. The Morgan fingerprint density at radius 2 is 1.88 bits per heavy atom. The predicted octanol–water partition coefficient (Wildman–Crippen LogP) is 3.76. The molecule has 0 bridgehead atoms. The van der Waals surface area contributed by atoms with Gasteiger partial charge in [0, 0.05) is 18.8 Å². The summed E-state index contributed by atoms with van der Waals surface area (Å²) in [6.45, 7) is 7.25. The number of hydrogen-bond donors (Lipinski definition) is 2. The highest BCUT2D eigenvalue weighted by Gasteiger charge is 2.30. The molecule has 0 heterocycles. The first-order chi connectivity index (χ1) is 11.2. The third-order valence-corrected chi connectivity index (χ3v) is 3.18. The Kier molecular flexibility index (Phi) is 7.84. The van der Waals surface area contributed by atoms with Crippen molar-refractivity contribution in [3.8, 4) is 5.75 Å². The van der Waals surface area contributed by atoms with E-state index in [1.165, 1.54) is 24.3 Å².